The summed E-state index contributed by atoms with van der Waals surface area (Å²) in [4.78, 5) is 12.4. The fraction of sp³-hybridized carbons (Fsp3) is 0.562. The summed E-state index contributed by atoms with van der Waals surface area (Å²) in [6, 6.07) is 3.46. The van der Waals surface area contributed by atoms with Crippen molar-refractivity contribution < 1.29 is 19.0 Å². The standard InChI is InChI=1S/C16H24N2O4/c1-20-13-7-12(8-14(21-2)15(13)22-3)18-16(19)11-5-4-10(6-11)9-17/h7-8,10-11H,4-6,9,17H2,1-3H3,(H,18,19)/t10-,11+/m0/s1. The summed E-state index contributed by atoms with van der Waals surface area (Å²) >= 11 is 0. The fourth-order valence-corrected chi connectivity index (χ4v) is 2.92. The van der Waals surface area contributed by atoms with Gasteiger partial charge in [-0.1, -0.05) is 0 Å². The molecule has 1 saturated carbocycles. The molecule has 1 aliphatic carbocycles. The van der Waals surface area contributed by atoms with Gasteiger partial charge in [-0.3, -0.25) is 4.79 Å². The molecule has 0 heterocycles. The second-order valence-corrected chi connectivity index (χ2v) is 5.51. The number of rotatable bonds is 6. The van der Waals surface area contributed by atoms with Gasteiger partial charge in [-0.05, 0) is 31.7 Å². The number of hydrogen-bond donors (Lipinski definition) is 2. The Kier molecular flexibility index (Phi) is 5.49. The molecule has 6 nitrogen and oxygen atoms in total. The van der Waals surface area contributed by atoms with Crippen LogP contribution in [0.1, 0.15) is 19.3 Å². The first-order valence-electron chi connectivity index (χ1n) is 7.43. The number of anilines is 1. The van der Waals surface area contributed by atoms with E-state index >= 15 is 0 Å². The molecular formula is C16H24N2O4. The number of amides is 1. The summed E-state index contributed by atoms with van der Waals surface area (Å²) in [6.45, 7) is 0.647. The number of nitrogens with two attached hydrogens (primary N) is 1. The highest BCUT2D eigenvalue weighted by molar-refractivity contribution is 5.93. The second-order valence-electron chi connectivity index (χ2n) is 5.51. The van der Waals surface area contributed by atoms with Crippen molar-refractivity contribution in [3.63, 3.8) is 0 Å². The SMILES string of the molecule is COc1cc(NC(=O)[C@@H]2CC[C@H](CN)C2)cc(OC)c1OC. The predicted molar refractivity (Wildman–Crippen MR) is 84.6 cm³/mol. The van der Waals surface area contributed by atoms with E-state index < -0.39 is 0 Å². The molecule has 0 aromatic heterocycles. The lowest BCUT2D eigenvalue weighted by atomic mass is 10.0. The molecule has 122 valence electrons. The van der Waals surface area contributed by atoms with Gasteiger partial charge in [0.05, 0.1) is 21.3 Å². The predicted octanol–water partition coefficient (Wildman–Crippen LogP) is 2.03. The lowest BCUT2D eigenvalue weighted by Crippen LogP contribution is -2.21. The van der Waals surface area contributed by atoms with E-state index in [1.807, 2.05) is 0 Å². The molecule has 0 spiro atoms. The molecule has 6 heteroatoms. The molecule has 0 radical (unpaired) electrons. The van der Waals surface area contributed by atoms with Crippen molar-refractivity contribution in [3.05, 3.63) is 12.1 Å². The van der Waals surface area contributed by atoms with Crippen LogP contribution in [0.5, 0.6) is 17.2 Å². The van der Waals surface area contributed by atoms with Crippen molar-refractivity contribution in [2.24, 2.45) is 17.6 Å². The molecule has 1 aromatic carbocycles. The Hall–Kier alpha value is -1.95. The van der Waals surface area contributed by atoms with E-state index in [1.165, 1.54) is 0 Å². The fourth-order valence-electron chi connectivity index (χ4n) is 2.92. The summed E-state index contributed by atoms with van der Waals surface area (Å²) in [5, 5.41) is 2.93. The first kappa shape index (κ1) is 16.4. The van der Waals surface area contributed by atoms with Gasteiger partial charge < -0.3 is 25.3 Å². The maximum atomic E-state index is 12.4. The van der Waals surface area contributed by atoms with Crippen LogP contribution >= 0.6 is 0 Å². The average molecular weight is 308 g/mol. The van der Waals surface area contributed by atoms with E-state index in [4.69, 9.17) is 19.9 Å². The Bertz CT molecular complexity index is 508. The Labute approximate surface area is 130 Å². The minimum atomic E-state index is 0.0187. The van der Waals surface area contributed by atoms with Gasteiger partial charge in [-0.25, -0.2) is 0 Å². The van der Waals surface area contributed by atoms with Crippen molar-refractivity contribution >= 4 is 11.6 Å². The van der Waals surface area contributed by atoms with Gasteiger partial charge >= 0.3 is 0 Å². The quantitative estimate of drug-likeness (QED) is 0.840. The molecule has 1 aliphatic rings. The van der Waals surface area contributed by atoms with E-state index in [2.05, 4.69) is 5.32 Å². The maximum Gasteiger partial charge on any atom is 0.227 e. The number of nitrogens with one attached hydrogen (secondary N) is 1. The summed E-state index contributed by atoms with van der Waals surface area (Å²) in [5.74, 6) is 2.03. The second kappa shape index (κ2) is 7.35. The maximum absolute atomic E-state index is 12.4. The van der Waals surface area contributed by atoms with E-state index in [1.54, 1.807) is 33.5 Å². The molecule has 0 bridgehead atoms. The van der Waals surface area contributed by atoms with Crippen LogP contribution in [0.3, 0.4) is 0 Å². The number of carbonyl (C=O) groups is 1. The van der Waals surface area contributed by atoms with E-state index in [-0.39, 0.29) is 11.8 Å². The number of benzene rings is 1. The number of carbonyl (C=O) groups excluding carboxylic acids is 1. The third-order valence-electron chi connectivity index (χ3n) is 4.18. The Morgan fingerprint density at radius 1 is 1.18 bits per heavy atom. The van der Waals surface area contributed by atoms with E-state index in [9.17, 15) is 4.79 Å². The minimum absolute atomic E-state index is 0.0187. The van der Waals surface area contributed by atoms with Crippen LogP contribution in [0.25, 0.3) is 0 Å². The van der Waals surface area contributed by atoms with Crippen molar-refractivity contribution in [1.82, 2.24) is 0 Å². The van der Waals surface area contributed by atoms with Gasteiger partial charge in [0.1, 0.15) is 0 Å². The smallest absolute Gasteiger partial charge is 0.227 e. The lowest BCUT2D eigenvalue weighted by Gasteiger charge is -2.16. The number of methoxy groups -OCH3 is 3. The van der Waals surface area contributed by atoms with Gasteiger partial charge in [0.25, 0.3) is 0 Å². The Morgan fingerprint density at radius 2 is 1.82 bits per heavy atom. The lowest BCUT2D eigenvalue weighted by molar-refractivity contribution is -0.119. The molecule has 0 unspecified atom stereocenters. The summed E-state index contributed by atoms with van der Waals surface area (Å²) in [7, 11) is 4.64. The molecule has 2 atom stereocenters. The van der Waals surface area contributed by atoms with Crippen LogP contribution < -0.4 is 25.3 Å². The molecule has 2 rings (SSSR count). The van der Waals surface area contributed by atoms with Crippen molar-refractivity contribution in [1.29, 1.82) is 0 Å². The molecule has 22 heavy (non-hydrogen) atoms. The van der Waals surface area contributed by atoms with Gasteiger partial charge in [0.15, 0.2) is 11.5 Å². The van der Waals surface area contributed by atoms with E-state index in [0.717, 1.165) is 19.3 Å². The molecule has 0 aliphatic heterocycles. The highest BCUT2D eigenvalue weighted by Gasteiger charge is 2.29. The van der Waals surface area contributed by atoms with Crippen LogP contribution in [0, 0.1) is 11.8 Å². The van der Waals surface area contributed by atoms with Gasteiger partial charge in [-0.15, -0.1) is 0 Å². The minimum Gasteiger partial charge on any atom is -0.493 e. The first-order chi connectivity index (χ1) is 10.6. The van der Waals surface area contributed by atoms with E-state index in [0.29, 0.717) is 35.4 Å². The zero-order chi connectivity index (χ0) is 16.1. The van der Waals surface area contributed by atoms with Gasteiger partial charge in [0, 0.05) is 23.7 Å². The van der Waals surface area contributed by atoms with Crippen LogP contribution in [0.2, 0.25) is 0 Å². The number of ether oxygens (including phenoxy) is 3. The van der Waals surface area contributed by atoms with Crippen LogP contribution in [-0.4, -0.2) is 33.8 Å². The summed E-state index contributed by atoms with van der Waals surface area (Å²) < 4.78 is 15.8. The van der Waals surface area contributed by atoms with Crippen molar-refractivity contribution in [3.8, 4) is 17.2 Å². The normalized spacial score (nSPS) is 20.5. The molecule has 0 saturated heterocycles. The monoisotopic (exact) mass is 308 g/mol. The highest BCUT2D eigenvalue weighted by Crippen LogP contribution is 2.40. The molecule has 1 fully saturated rings. The molecule has 1 amide bonds. The van der Waals surface area contributed by atoms with Crippen molar-refractivity contribution in [2.75, 3.05) is 33.2 Å². The topological polar surface area (TPSA) is 82.8 Å². The summed E-state index contributed by atoms with van der Waals surface area (Å²) in [5.41, 5.74) is 6.31. The van der Waals surface area contributed by atoms with Gasteiger partial charge in [0.2, 0.25) is 11.7 Å². The van der Waals surface area contributed by atoms with Crippen LogP contribution in [0.15, 0.2) is 12.1 Å². The molecule has 1 aromatic rings. The zero-order valence-corrected chi connectivity index (χ0v) is 13.3. The third-order valence-corrected chi connectivity index (χ3v) is 4.18. The first-order valence-corrected chi connectivity index (χ1v) is 7.43. The Balaban J connectivity index is 2.14. The largest absolute Gasteiger partial charge is 0.493 e. The van der Waals surface area contributed by atoms with Crippen LogP contribution in [0.4, 0.5) is 5.69 Å². The van der Waals surface area contributed by atoms with Crippen LogP contribution in [-0.2, 0) is 4.79 Å². The highest BCUT2D eigenvalue weighted by atomic mass is 16.5. The number of hydrogen-bond acceptors (Lipinski definition) is 5. The molecular weight excluding hydrogens is 284 g/mol. The molecule has 3 N–H and O–H groups in total. The zero-order valence-electron chi connectivity index (χ0n) is 13.3. The van der Waals surface area contributed by atoms with Crippen molar-refractivity contribution in [2.45, 2.75) is 19.3 Å². The third kappa shape index (κ3) is 3.44. The average Bonchev–Trinajstić information content (AvgIpc) is 3.03. The summed E-state index contributed by atoms with van der Waals surface area (Å²) in [6.07, 6.45) is 2.76. The van der Waals surface area contributed by atoms with Gasteiger partial charge in [-0.2, -0.15) is 0 Å². The Morgan fingerprint density at radius 3 is 2.27 bits per heavy atom.